The van der Waals surface area contributed by atoms with Crippen LogP contribution in [0, 0.1) is 5.92 Å². The van der Waals surface area contributed by atoms with E-state index in [0.29, 0.717) is 11.4 Å². The number of hydrogen-bond acceptors (Lipinski definition) is 3. The van der Waals surface area contributed by atoms with Crippen LogP contribution in [0.3, 0.4) is 0 Å². The summed E-state index contributed by atoms with van der Waals surface area (Å²) in [6, 6.07) is 5.59. The molecule has 1 aliphatic heterocycles. The second kappa shape index (κ2) is 7.32. The maximum atomic E-state index is 12.4. The summed E-state index contributed by atoms with van der Waals surface area (Å²) in [6.07, 6.45) is 6.68. The first-order valence-electron chi connectivity index (χ1n) is 8.88. The molecule has 23 heavy (non-hydrogen) atoms. The van der Waals surface area contributed by atoms with Crippen molar-refractivity contribution >= 4 is 10.0 Å². The molecule has 1 unspecified atom stereocenters. The van der Waals surface area contributed by atoms with Gasteiger partial charge in [-0.15, -0.1) is 0 Å². The molecule has 0 aromatic heterocycles. The molecule has 1 N–H and O–H groups in total. The zero-order chi connectivity index (χ0) is 16.3. The van der Waals surface area contributed by atoms with Gasteiger partial charge in [0.2, 0.25) is 10.0 Å². The molecular weight excluding hydrogens is 308 g/mol. The van der Waals surface area contributed by atoms with Crippen LogP contribution >= 0.6 is 0 Å². The third-order valence-corrected chi connectivity index (χ3v) is 6.52. The molecule has 128 valence electrons. The summed E-state index contributed by atoms with van der Waals surface area (Å²) in [7, 11) is -3.36. The number of benzene rings is 1. The second-order valence-electron chi connectivity index (χ2n) is 7.08. The lowest BCUT2D eigenvalue weighted by atomic mass is 10.0. The number of sulfonamides is 1. The number of nitrogens with one attached hydrogen (secondary N) is 1. The Kier molecular flexibility index (Phi) is 5.39. The van der Waals surface area contributed by atoms with Gasteiger partial charge < -0.3 is 4.90 Å². The summed E-state index contributed by atoms with van der Waals surface area (Å²) < 4.78 is 27.6. The van der Waals surface area contributed by atoms with Crippen LogP contribution in [0.1, 0.15) is 43.7 Å². The lowest BCUT2D eigenvalue weighted by Gasteiger charge is -2.30. The largest absolute Gasteiger partial charge is 0.303 e. The summed E-state index contributed by atoms with van der Waals surface area (Å²) in [5.41, 5.74) is 2.51. The average molecular weight is 337 g/mol. The quantitative estimate of drug-likeness (QED) is 0.812. The van der Waals surface area contributed by atoms with E-state index in [1.807, 2.05) is 12.1 Å². The highest BCUT2D eigenvalue weighted by atomic mass is 32.2. The standard InChI is InChI=1S/C18H28N2O2S/c1-15-5-3-11-20(14-15)12-4-10-19-23(21,22)18-9-8-16-6-2-7-17(16)13-18/h8-9,13,15,19H,2-7,10-12,14H2,1H3. The zero-order valence-corrected chi connectivity index (χ0v) is 14.9. The average Bonchev–Trinajstić information content (AvgIpc) is 2.99. The molecule has 5 heteroatoms. The molecule has 1 atom stereocenters. The summed E-state index contributed by atoms with van der Waals surface area (Å²) in [4.78, 5) is 2.88. The normalized spacial score (nSPS) is 22.2. The number of aryl methyl sites for hydroxylation is 2. The molecule has 2 aliphatic rings. The van der Waals surface area contributed by atoms with Crippen molar-refractivity contribution in [2.45, 2.75) is 50.3 Å². The van der Waals surface area contributed by atoms with Gasteiger partial charge in [-0.05, 0) is 80.8 Å². The van der Waals surface area contributed by atoms with Crippen LogP contribution in [0.2, 0.25) is 0 Å². The first kappa shape index (κ1) is 16.9. The Morgan fingerprint density at radius 3 is 2.87 bits per heavy atom. The maximum Gasteiger partial charge on any atom is 0.240 e. The number of likely N-dealkylation sites (tertiary alicyclic amines) is 1. The second-order valence-corrected chi connectivity index (χ2v) is 8.85. The first-order valence-corrected chi connectivity index (χ1v) is 10.4. The van der Waals surface area contributed by atoms with Crippen LogP contribution in [-0.2, 0) is 22.9 Å². The lowest BCUT2D eigenvalue weighted by molar-refractivity contribution is 0.182. The highest BCUT2D eigenvalue weighted by molar-refractivity contribution is 7.89. The third kappa shape index (κ3) is 4.34. The Morgan fingerprint density at radius 1 is 1.22 bits per heavy atom. The molecule has 1 aliphatic carbocycles. The molecule has 3 rings (SSSR count). The molecule has 0 amide bonds. The van der Waals surface area contributed by atoms with E-state index >= 15 is 0 Å². The minimum atomic E-state index is -3.36. The van der Waals surface area contributed by atoms with Crippen molar-refractivity contribution in [3.8, 4) is 0 Å². The van der Waals surface area contributed by atoms with E-state index in [2.05, 4.69) is 16.5 Å². The molecule has 0 spiro atoms. The minimum Gasteiger partial charge on any atom is -0.303 e. The van der Waals surface area contributed by atoms with Crippen molar-refractivity contribution in [3.63, 3.8) is 0 Å². The number of fused-ring (bicyclic) bond motifs is 1. The van der Waals surface area contributed by atoms with Gasteiger partial charge in [0.25, 0.3) is 0 Å². The number of hydrogen-bond donors (Lipinski definition) is 1. The van der Waals surface area contributed by atoms with E-state index in [1.165, 1.54) is 24.0 Å². The fourth-order valence-electron chi connectivity index (χ4n) is 3.80. The van der Waals surface area contributed by atoms with E-state index in [1.54, 1.807) is 6.07 Å². The summed E-state index contributed by atoms with van der Waals surface area (Å²) in [6.45, 7) is 6.10. The van der Waals surface area contributed by atoms with E-state index in [-0.39, 0.29) is 0 Å². The van der Waals surface area contributed by atoms with Crippen LogP contribution in [-0.4, -0.2) is 39.5 Å². The zero-order valence-electron chi connectivity index (χ0n) is 14.1. The van der Waals surface area contributed by atoms with Gasteiger partial charge in [0.1, 0.15) is 0 Å². The van der Waals surface area contributed by atoms with Crippen molar-refractivity contribution in [1.29, 1.82) is 0 Å². The summed E-state index contributed by atoms with van der Waals surface area (Å²) >= 11 is 0. The number of piperidine rings is 1. The highest BCUT2D eigenvalue weighted by Gasteiger charge is 2.19. The molecule has 0 bridgehead atoms. The number of rotatable bonds is 6. The van der Waals surface area contributed by atoms with Gasteiger partial charge in [-0.25, -0.2) is 13.1 Å². The molecule has 4 nitrogen and oxygen atoms in total. The highest BCUT2D eigenvalue weighted by Crippen LogP contribution is 2.24. The fourth-order valence-corrected chi connectivity index (χ4v) is 4.92. The van der Waals surface area contributed by atoms with Gasteiger partial charge in [-0.1, -0.05) is 13.0 Å². The molecule has 1 heterocycles. The predicted molar refractivity (Wildman–Crippen MR) is 93.1 cm³/mol. The smallest absolute Gasteiger partial charge is 0.240 e. The topological polar surface area (TPSA) is 49.4 Å². The van der Waals surface area contributed by atoms with Crippen molar-refractivity contribution in [2.75, 3.05) is 26.2 Å². The Bertz CT molecular complexity index is 642. The summed E-state index contributed by atoms with van der Waals surface area (Å²) in [5, 5.41) is 0. The molecule has 1 aromatic carbocycles. The van der Waals surface area contributed by atoms with Crippen LogP contribution < -0.4 is 4.72 Å². The van der Waals surface area contributed by atoms with Crippen molar-refractivity contribution in [2.24, 2.45) is 5.92 Å². The van der Waals surface area contributed by atoms with E-state index in [0.717, 1.165) is 51.2 Å². The van der Waals surface area contributed by atoms with E-state index in [9.17, 15) is 8.42 Å². The van der Waals surface area contributed by atoms with Crippen LogP contribution in [0.5, 0.6) is 0 Å². The van der Waals surface area contributed by atoms with Gasteiger partial charge in [0.15, 0.2) is 0 Å². The van der Waals surface area contributed by atoms with Crippen LogP contribution in [0.4, 0.5) is 0 Å². The van der Waals surface area contributed by atoms with Crippen LogP contribution in [0.15, 0.2) is 23.1 Å². The Hall–Kier alpha value is -0.910. The summed E-state index contributed by atoms with van der Waals surface area (Å²) in [5.74, 6) is 0.770. The lowest BCUT2D eigenvalue weighted by Crippen LogP contribution is -2.36. The van der Waals surface area contributed by atoms with E-state index in [4.69, 9.17) is 0 Å². The fraction of sp³-hybridized carbons (Fsp3) is 0.667. The molecular formula is C18H28N2O2S. The van der Waals surface area contributed by atoms with Crippen molar-refractivity contribution < 1.29 is 8.42 Å². The van der Waals surface area contributed by atoms with Gasteiger partial charge in [-0.2, -0.15) is 0 Å². The third-order valence-electron chi connectivity index (χ3n) is 5.06. The van der Waals surface area contributed by atoms with Gasteiger partial charge in [0, 0.05) is 13.1 Å². The molecule has 1 fully saturated rings. The van der Waals surface area contributed by atoms with Crippen LogP contribution in [0.25, 0.3) is 0 Å². The Labute approximate surface area is 140 Å². The van der Waals surface area contributed by atoms with Gasteiger partial charge >= 0.3 is 0 Å². The Morgan fingerprint density at radius 2 is 2.04 bits per heavy atom. The van der Waals surface area contributed by atoms with Crippen molar-refractivity contribution in [1.82, 2.24) is 9.62 Å². The molecule has 1 saturated heterocycles. The monoisotopic (exact) mass is 336 g/mol. The first-order chi connectivity index (χ1) is 11.0. The van der Waals surface area contributed by atoms with Gasteiger partial charge in [-0.3, -0.25) is 0 Å². The SMILES string of the molecule is CC1CCCN(CCCNS(=O)(=O)c2ccc3c(c2)CCC3)C1. The van der Waals surface area contributed by atoms with Crippen molar-refractivity contribution in [3.05, 3.63) is 29.3 Å². The number of nitrogens with zero attached hydrogens (tertiary/aromatic N) is 1. The molecule has 0 radical (unpaired) electrons. The van der Waals surface area contributed by atoms with E-state index < -0.39 is 10.0 Å². The Balaban J connectivity index is 1.49. The predicted octanol–water partition coefficient (Wildman–Crippen LogP) is 2.58. The molecule has 1 aromatic rings. The molecule has 0 saturated carbocycles. The minimum absolute atomic E-state index is 0.421. The maximum absolute atomic E-state index is 12.4. The van der Waals surface area contributed by atoms with Gasteiger partial charge in [0.05, 0.1) is 4.90 Å².